The van der Waals surface area contributed by atoms with Crippen molar-refractivity contribution in [3.05, 3.63) is 45.1 Å². The molecule has 114 valence electrons. The van der Waals surface area contributed by atoms with E-state index in [0.717, 1.165) is 15.6 Å². The van der Waals surface area contributed by atoms with Gasteiger partial charge in [0, 0.05) is 11.4 Å². The average molecular weight is 337 g/mol. The number of carbonyl (C=O) groups is 2. The lowest BCUT2D eigenvalue weighted by atomic mass is 10.1. The molecule has 0 saturated carbocycles. The molecule has 0 saturated heterocycles. The smallest absolute Gasteiger partial charge is 0.262 e. The molecule has 2 aromatic rings. The first kappa shape index (κ1) is 14.9. The maximum absolute atomic E-state index is 12.3. The summed E-state index contributed by atoms with van der Waals surface area (Å²) in [6, 6.07) is 8.88. The molecule has 1 aromatic carbocycles. The zero-order valence-electron chi connectivity index (χ0n) is 11.5. The second-order valence-electron chi connectivity index (χ2n) is 4.73. The minimum atomic E-state index is -0.226. The molecule has 2 amide bonds. The van der Waals surface area contributed by atoms with Gasteiger partial charge in [-0.25, -0.2) is 0 Å². The van der Waals surface area contributed by atoms with Gasteiger partial charge in [-0.05, 0) is 30.7 Å². The first-order chi connectivity index (χ1) is 10.6. The van der Waals surface area contributed by atoms with Crippen molar-refractivity contribution >= 4 is 40.4 Å². The molecule has 7 heteroatoms. The summed E-state index contributed by atoms with van der Waals surface area (Å²) in [4.78, 5) is 24.7. The van der Waals surface area contributed by atoms with Crippen molar-refractivity contribution in [2.75, 3.05) is 18.5 Å². The van der Waals surface area contributed by atoms with Crippen LogP contribution in [0.1, 0.15) is 15.2 Å². The van der Waals surface area contributed by atoms with Gasteiger partial charge in [-0.1, -0.05) is 17.7 Å². The van der Waals surface area contributed by atoms with Crippen molar-refractivity contribution in [1.29, 1.82) is 0 Å². The van der Waals surface area contributed by atoms with Crippen LogP contribution >= 0.6 is 22.9 Å². The Morgan fingerprint density at radius 2 is 2.23 bits per heavy atom. The van der Waals surface area contributed by atoms with Gasteiger partial charge in [-0.15, -0.1) is 11.3 Å². The number of halogens is 1. The molecule has 3 rings (SSSR count). The number of benzene rings is 1. The van der Waals surface area contributed by atoms with Crippen molar-refractivity contribution in [3.8, 4) is 5.75 Å². The van der Waals surface area contributed by atoms with Gasteiger partial charge in [0.2, 0.25) is 0 Å². The Kier molecular flexibility index (Phi) is 4.31. The summed E-state index contributed by atoms with van der Waals surface area (Å²) in [5.74, 6) is -0.0333. The van der Waals surface area contributed by atoms with Crippen LogP contribution in [0.2, 0.25) is 4.34 Å². The molecular formula is C15H13ClN2O3S. The molecule has 0 aliphatic carbocycles. The highest BCUT2D eigenvalue weighted by Gasteiger charge is 2.22. The largest absolute Gasteiger partial charge is 0.481 e. The molecule has 0 atom stereocenters. The topological polar surface area (TPSA) is 67.4 Å². The molecule has 0 spiro atoms. The lowest BCUT2D eigenvalue weighted by Gasteiger charge is -2.20. The predicted octanol–water partition coefficient (Wildman–Crippen LogP) is 2.70. The van der Waals surface area contributed by atoms with Crippen LogP contribution in [-0.4, -0.2) is 25.0 Å². The summed E-state index contributed by atoms with van der Waals surface area (Å²) < 4.78 is 6.11. The summed E-state index contributed by atoms with van der Waals surface area (Å²) in [5.41, 5.74) is 0.940. The van der Waals surface area contributed by atoms with Crippen LogP contribution in [0, 0.1) is 0 Å². The number of amides is 2. The van der Waals surface area contributed by atoms with Gasteiger partial charge in [-0.2, -0.15) is 0 Å². The zero-order valence-corrected chi connectivity index (χ0v) is 13.1. The quantitative estimate of drug-likeness (QED) is 0.902. The van der Waals surface area contributed by atoms with Crippen molar-refractivity contribution in [1.82, 2.24) is 5.32 Å². The number of hydrogen-bond donors (Lipinski definition) is 2. The lowest BCUT2D eigenvalue weighted by molar-refractivity contribution is -0.118. The van der Waals surface area contributed by atoms with E-state index < -0.39 is 0 Å². The molecule has 5 nitrogen and oxygen atoms in total. The van der Waals surface area contributed by atoms with E-state index in [0.29, 0.717) is 23.5 Å². The second kappa shape index (κ2) is 6.37. The zero-order chi connectivity index (χ0) is 15.5. The summed E-state index contributed by atoms with van der Waals surface area (Å²) in [5, 5.41) is 5.53. The summed E-state index contributed by atoms with van der Waals surface area (Å²) in [6.45, 7) is 0.427. The number of para-hydroxylation sites is 1. The Morgan fingerprint density at radius 1 is 1.36 bits per heavy atom. The number of hydrogen-bond acceptors (Lipinski definition) is 4. The Balaban J connectivity index is 1.65. The molecule has 2 N–H and O–H groups in total. The third-order valence-electron chi connectivity index (χ3n) is 3.17. The lowest BCUT2D eigenvalue weighted by Crippen LogP contribution is -2.30. The second-order valence-corrected chi connectivity index (χ2v) is 6.53. The third kappa shape index (κ3) is 3.23. The summed E-state index contributed by atoms with van der Waals surface area (Å²) in [7, 11) is 0. The van der Waals surface area contributed by atoms with Crippen molar-refractivity contribution in [2.45, 2.75) is 6.42 Å². The van der Waals surface area contributed by atoms with Crippen molar-refractivity contribution < 1.29 is 14.3 Å². The van der Waals surface area contributed by atoms with E-state index in [2.05, 4.69) is 10.6 Å². The van der Waals surface area contributed by atoms with Crippen LogP contribution in [0.5, 0.6) is 5.75 Å². The molecule has 0 unspecified atom stereocenters. The monoisotopic (exact) mass is 336 g/mol. The van der Waals surface area contributed by atoms with Crippen LogP contribution in [0.25, 0.3) is 0 Å². The highest BCUT2D eigenvalue weighted by molar-refractivity contribution is 7.16. The number of rotatable bonds is 4. The summed E-state index contributed by atoms with van der Waals surface area (Å²) >= 11 is 7.37. The normalized spacial score (nSPS) is 13.0. The Morgan fingerprint density at radius 3 is 3.00 bits per heavy atom. The van der Waals surface area contributed by atoms with Gasteiger partial charge in [0.1, 0.15) is 0 Å². The van der Waals surface area contributed by atoms with Gasteiger partial charge in [0.15, 0.2) is 12.4 Å². The van der Waals surface area contributed by atoms with Gasteiger partial charge in [-0.3, -0.25) is 9.59 Å². The van der Waals surface area contributed by atoms with E-state index in [-0.39, 0.29) is 18.4 Å². The standard InChI is InChI=1S/C15H13ClN2O3S/c16-12-5-4-9(22-12)6-7-17-15(20)10-2-1-3-11-14(10)21-8-13(19)18-11/h1-5H,6-8H2,(H,17,20)(H,18,19). The van der Waals surface area contributed by atoms with E-state index in [1.165, 1.54) is 11.3 Å². The van der Waals surface area contributed by atoms with Crippen LogP contribution < -0.4 is 15.4 Å². The third-order valence-corrected chi connectivity index (χ3v) is 4.46. The molecular weight excluding hydrogens is 324 g/mol. The molecule has 0 bridgehead atoms. The van der Waals surface area contributed by atoms with Gasteiger partial charge >= 0.3 is 0 Å². The van der Waals surface area contributed by atoms with E-state index in [9.17, 15) is 9.59 Å². The molecule has 0 radical (unpaired) electrons. The minimum Gasteiger partial charge on any atom is -0.481 e. The molecule has 0 fully saturated rings. The number of fused-ring (bicyclic) bond motifs is 1. The number of nitrogens with one attached hydrogen (secondary N) is 2. The summed E-state index contributed by atoms with van der Waals surface area (Å²) in [6.07, 6.45) is 0.718. The van der Waals surface area contributed by atoms with Crippen LogP contribution in [-0.2, 0) is 11.2 Å². The molecule has 1 aliphatic heterocycles. The van der Waals surface area contributed by atoms with E-state index in [1.54, 1.807) is 18.2 Å². The maximum Gasteiger partial charge on any atom is 0.262 e. The average Bonchev–Trinajstić information content (AvgIpc) is 2.91. The molecule has 1 aliphatic rings. The van der Waals surface area contributed by atoms with Crippen molar-refractivity contribution in [2.24, 2.45) is 0 Å². The number of thiophene rings is 1. The fourth-order valence-corrected chi connectivity index (χ4v) is 3.26. The Labute approximate surface area is 136 Å². The predicted molar refractivity (Wildman–Crippen MR) is 85.9 cm³/mol. The maximum atomic E-state index is 12.3. The van der Waals surface area contributed by atoms with E-state index in [4.69, 9.17) is 16.3 Å². The highest BCUT2D eigenvalue weighted by atomic mass is 35.5. The molecule has 22 heavy (non-hydrogen) atoms. The van der Waals surface area contributed by atoms with E-state index >= 15 is 0 Å². The van der Waals surface area contributed by atoms with Crippen LogP contribution in [0.4, 0.5) is 5.69 Å². The van der Waals surface area contributed by atoms with Crippen LogP contribution in [0.3, 0.4) is 0 Å². The number of anilines is 1. The SMILES string of the molecule is O=C1COc2c(cccc2C(=O)NCCc2ccc(Cl)s2)N1. The fourth-order valence-electron chi connectivity index (χ4n) is 2.17. The van der Waals surface area contributed by atoms with Gasteiger partial charge < -0.3 is 15.4 Å². The Hall–Kier alpha value is -2.05. The molecule has 2 heterocycles. The molecule has 1 aromatic heterocycles. The number of ether oxygens (including phenoxy) is 1. The van der Waals surface area contributed by atoms with Gasteiger partial charge in [0.25, 0.3) is 11.8 Å². The Bertz CT molecular complexity index is 729. The fraction of sp³-hybridized carbons (Fsp3) is 0.200. The highest BCUT2D eigenvalue weighted by Crippen LogP contribution is 2.31. The van der Waals surface area contributed by atoms with Crippen molar-refractivity contribution in [3.63, 3.8) is 0 Å². The number of carbonyl (C=O) groups excluding carboxylic acids is 2. The first-order valence-electron chi connectivity index (χ1n) is 6.71. The van der Waals surface area contributed by atoms with Gasteiger partial charge in [0.05, 0.1) is 15.6 Å². The van der Waals surface area contributed by atoms with E-state index in [1.807, 2.05) is 12.1 Å². The minimum absolute atomic E-state index is 0.0784. The van der Waals surface area contributed by atoms with Crippen LogP contribution in [0.15, 0.2) is 30.3 Å². The first-order valence-corrected chi connectivity index (χ1v) is 7.91.